The van der Waals surface area contributed by atoms with Crippen LogP contribution in [0.25, 0.3) is 10.9 Å². The third kappa shape index (κ3) is 11.1. The summed E-state index contributed by atoms with van der Waals surface area (Å²) in [4.78, 5) is 5.62. The molecule has 3 heteroatoms. The van der Waals surface area contributed by atoms with Crippen molar-refractivity contribution in [3.05, 3.63) is 30.0 Å². The standard InChI is InChI=1S/C28H48N2O/c1-4-5-6-7-8-9-10-11-12-13-14-15-16-17-22-31-26-18-19-28-27(23-26)25(24-29-28)20-21-30(2)3/h18-19,23-24,29H,4-17,20-22H2,1-3H3. The van der Waals surface area contributed by atoms with E-state index in [-0.39, 0.29) is 0 Å². The lowest BCUT2D eigenvalue weighted by molar-refractivity contribution is 0.304. The lowest BCUT2D eigenvalue weighted by atomic mass is 10.0. The monoisotopic (exact) mass is 428 g/mol. The van der Waals surface area contributed by atoms with Crippen LogP contribution in [0.5, 0.6) is 5.75 Å². The maximum absolute atomic E-state index is 6.05. The first-order valence-corrected chi connectivity index (χ1v) is 13.1. The summed E-state index contributed by atoms with van der Waals surface area (Å²) in [5.41, 5.74) is 2.59. The summed E-state index contributed by atoms with van der Waals surface area (Å²) < 4.78 is 6.05. The quantitative estimate of drug-likeness (QED) is 0.229. The van der Waals surface area contributed by atoms with Crippen molar-refractivity contribution in [2.24, 2.45) is 0 Å². The smallest absolute Gasteiger partial charge is 0.120 e. The minimum absolute atomic E-state index is 0.834. The zero-order valence-corrected chi connectivity index (χ0v) is 20.7. The van der Waals surface area contributed by atoms with E-state index in [1.165, 1.54) is 99.9 Å². The van der Waals surface area contributed by atoms with Crippen molar-refractivity contribution in [1.82, 2.24) is 9.88 Å². The van der Waals surface area contributed by atoms with Crippen LogP contribution in [-0.2, 0) is 6.42 Å². The maximum Gasteiger partial charge on any atom is 0.120 e. The fourth-order valence-corrected chi connectivity index (χ4v) is 4.28. The second-order valence-corrected chi connectivity index (χ2v) is 9.52. The number of nitrogens with zero attached hydrogens (tertiary/aromatic N) is 1. The molecule has 2 aromatic rings. The molecule has 0 aliphatic rings. The van der Waals surface area contributed by atoms with Gasteiger partial charge in [-0.25, -0.2) is 0 Å². The average molecular weight is 429 g/mol. The first kappa shape index (κ1) is 25.8. The summed E-state index contributed by atoms with van der Waals surface area (Å²) >= 11 is 0. The molecule has 1 aromatic carbocycles. The maximum atomic E-state index is 6.05. The molecule has 0 saturated carbocycles. The molecular formula is C28H48N2O. The molecule has 2 rings (SSSR count). The number of hydrogen-bond acceptors (Lipinski definition) is 2. The van der Waals surface area contributed by atoms with Gasteiger partial charge in [-0.3, -0.25) is 0 Å². The van der Waals surface area contributed by atoms with Crippen molar-refractivity contribution in [2.45, 2.75) is 103 Å². The normalized spacial score (nSPS) is 11.6. The minimum atomic E-state index is 0.834. The number of benzene rings is 1. The van der Waals surface area contributed by atoms with Crippen molar-refractivity contribution in [3.63, 3.8) is 0 Å². The highest BCUT2D eigenvalue weighted by Crippen LogP contribution is 2.24. The van der Waals surface area contributed by atoms with Crippen molar-refractivity contribution in [1.29, 1.82) is 0 Å². The largest absolute Gasteiger partial charge is 0.494 e. The number of likely N-dealkylation sites (N-methyl/N-ethyl adjacent to an activating group) is 1. The summed E-state index contributed by atoms with van der Waals surface area (Å²) in [7, 11) is 4.25. The average Bonchev–Trinajstić information content (AvgIpc) is 3.17. The lowest BCUT2D eigenvalue weighted by Gasteiger charge is -2.09. The molecule has 3 nitrogen and oxygen atoms in total. The highest BCUT2D eigenvalue weighted by atomic mass is 16.5. The van der Waals surface area contributed by atoms with E-state index < -0.39 is 0 Å². The van der Waals surface area contributed by atoms with Crippen LogP contribution in [0, 0.1) is 0 Å². The van der Waals surface area contributed by atoms with Gasteiger partial charge in [0.2, 0.25) is 0 Å². The van der Waals surface area contributed by atoms with Crippen LogP contribution in [0.15, 0.2) is 24.4 Å². The number of nitrogens with one attached hydrogen (secondary N) is 1. The first-order chi connectivity index (χ1) is 15.2. The lowest BCUT2D eigenvalue weighted by Crippen LogP contribution is -2.14. The molecule has 31 heavy (non-hydrogen) atoms. The van der Waals surface area contributed by atoms with E-state index in [2.05, 4.69) is 55.3 Å². The number of fused-ring (bicyclic) bond motifs is 1. The molecule has 0 aliphatic carbocycles. The Morgan fingerprint density at radius 1 is 0.774 bits per heavy atom. The number of hydrogen-bond donors (Lipinski definition) is 1. The Morgan fingerprint density at radius 2 is 1.35 bits per heavy atom. The van der Waals surface area contributed by atoms with Gasteiger partial charge in [0, 0.05) is 23.6 Å². The number of aromatic amines is 1. The molecule has 1 heterocycles. The number of ether oxygens (including phenoxy) is 1. The molecule has 0 saturated heterocycles. The van der Waals surface area contributed by atoms with Gasteiger partial charge >= 0.3 is 0 Å². The molecule has 0 spiro atoms. The van der Waals surface area contributed by atoms with E-state index in [0.29, 0.717) is 0 Å². The Kier molecular flexibility index (Phi) is 13.5. The van der Waals surface area contributed by atoms with E-state index >= 15 is 0 Å². The van der Waals surface area contributed by atoms with Gasteiger partial charge in [-0.2, -0.15) is 0 Å². The van der Waals surface area contributed by atoms with Crippen molar-refractivity contribution in [3.8, 4) is 5.75 Å². The fourth-order valence-electron chi connectivity index (χ4n) is 4.28. The van der Waals surface area contributed by atoms with Gasteiger partial charge in [-0.05, 0) is 50.7 Å². The summed E-state index contributed by atoms with van der Waals surface area (Å²) in [5.74, 6) is 1.01. The summed E-state index contributed by atoms with van der Waals surface area (Å²) in [6.45, 7) is 4.19. The van der Waals surface area contributed by atoms with Gasteiger partial charge in [-0.15, -0.1) is 0 Å². The molecule has 0 fully saturated rings. The van der Waals surface area contributed by atoms with Crippen LogP contribution in [-0.4, -0.2) is 37.1 Å². The Hall–Kier alpha value is -1.48. The predicted octanol–water partition coefficient (Wildman–Crippen LogP) is 8.13. The SMILES string of the molecule is CCCCCCCCCCCCCCCCOc1ccc2[nH]cc(CCN(C)C)c2c1. The van der Waals surface area contributed by atoms with E-state index in [0.717, 1.165) is 31.7 Å². The molecule has 0 aliphatic heterocycles. The van der Waals surface area contributed by atoms with Crippen molar-refractivity contribution < 1.29 is 4.74 Å². The van der Waals surface area contributed by atoms with Crippen LogP contribution in [0.1, 0.15) is 102 Å². The summed E-state index contributed by atoms with van der Waals surface area (Å²) in [6.07, 6.45) is 22.7. The molecule has 0 radical (unpaired) electrons. The first-order valence-electron chi connectivity index (χ1n) is 13.1. The van der Waals surface area contributed by atoms with Crippen molar-refractivity contribution in [2.75, 3.05) is 27.2 Å². The highest BCUT2D eigenvalue weighted by molar-refractivity contribution is 5.84. The van der Waals surface area contributed by atoms with E-state index in [4.69, 9.17) is 4.74 Å². The molecule has 0 unspecified atom stereocenters. The number of rotatable bonds is 19. The molecule has 1 aromatic heterocycles. The Balaban J connectivity index is 1.48. The topological polar surface area (TPSA) is 28.3 Å². The van der Waals surface area contributed by atoms with E-state index in [9.17, 15) is 0 Å². The minimum Gasteiger partial charge on any atom is -0.494 e. The zero-order chi connectivity index (χ0) is 22.2. The van der Waals surface area contributed by atoms with Gasteiger partial charge in [0.1, 0.15) is 5.75 Å². The molecule has 1 N–H and O–H groups in total. The van der Waals surface area contributed by atoms with Crippen LogP contribution in [0.2, 0.25) is 0 Å². The number of unbranched alkanes of at least 4 members (excludes halogenated alkanes) is 13. The molecule has 0 bridgehead atoms. The molecule has 0 atom stereocenters. The number of aromatic nitrogens is 1. The predicted molar refractivity (Wildman–Crippen MR) is 136 cm³/mol. The third-order valence-electron chi connectivity index (χ3n) is 6.33. The Labute approximate surface area is 191 Å². The second-order valence-electron chi connectivity index (χ2n) is 9.52. The summed E-state index contributed by atoms with van der Waals surface area (Å²) in [6, 6.07) is 6.45. The second kappa shape index (κ2) is 16.2. The van der Waals surface area contributed by atoms with Gasteiger partial charge in [0.15, 0.2) is 0 Å². The van der Waals surface area contributed by atoms with Gasteiger partial charge in [0.05, 0.1) is 6.61 Å². The highest BCUT2D eigenvalue weighted by Gasteiger charge is 2.06. The van der Waals surface area contributed by atoms with Crippen LogP contribution < -0.4 is 4.74 Å². The zero-order valence-electron chi connectivity index (χ0n) is 20.7. The van der Waals surface area contributed by atoms with Gasteiger partial charge < -0.3 is 14.6 Å². The number of H-pyrrole nitrogens is 1. The van der Waals surface area contributed by atoms with E-state index in [1.54, 1.807) is 0 Å². The van der Waals surface area contributed by atoms with Crippen LogP contribution >= 0.6 is 0 Å². The molecular weight excluding hydrogens is 380 g/mol. The third-order valence-corrected chi connectivity index (χ3v) is 6.33. The van der Waals surface area contributed by atoms with Crippen LogP contribution in [0.4, 0.5) is 0 Å². The van der Waals surface area contributed by atoms with Gasteiger partial charge in [-0.1, -0.05) is 90.4 Å². The van der Waals surface area contributed by atoms with Crippen LogP contribution in [0.3, 0.4) is 0 Å². The molecule has 176 valence electrons. The molecule has 0 amide bonds. The van der Waals surface area contributed by atoms with E-state index in [1.807, 2.05) is 0 Å². The summed E-state index contributed by atoms with van der Waals surface area (Å²) in [5, 5.41) is 1.31. The Morgan fingerprint density at radius 3 is 1.94 bits per heavy atom. The Bertz CT molecular complexity index is 691. The van der Waals surface area contributed by atoms with Crippen molar-refractivity contribution >= 4 is 10.9 Å². The fraction of sp³-hybridized carbons (Fsp3) is 0.714. The van der Waals surface area contributed by atoms with Gasteiger partial charge in [0.25, 0.3) is 0 Å².